The molecule has 18 heavy (non-hydrogen) atoms. The van der Waals surface area contributed by atoms with E-state index in [0.717, 1.165) is 0 Å². The largest absolute Gasteiger partial charge is 0.446 e. The topological polar surface area (TPSA) is 105 Å². The van der Waals surface area contributed by atoms with Crippen molar-refractivity contribution in [2.75, 3.05) is 13.2 Å². The van der Waals surface area contributed by atoms with Gasteiger partial charge in [-0.3, -0.25) is 0 Å². The van der Waals surface area contributed by atoms with Gasteiger partial charge in [-0.15, -0.1) is 0 Å². The van der Waals surface area contributed by atoms with Crippen LogP contribution >= 0.6 is 0 Å². The highest BCUT2D eigenvalue weighted by Crippen LogP contribution is 2.18. The Labute approximate surface area is 108 Å². The Bertz CT molecular complexity index is 364. The van der Waals surface area contributed by atoms with Crippen LogP contribution in [0.2, 0.25) is 0 Å². The van der Waals surface area contributed by atoms with E-state index in [1.165, 1.54) is 0 Å². The van der Waals surface area contributed by atoms with Crippen molar-refractivity contribution in [3.8, 4) is 0 Å². The minimum absolute atomic E-state index is 0.0302. The van der Waals surface area contributed by atoms with Crippen molar-refractivity contribution in [2.24, 2.45) is 5.41 Å². The number of aliphatic hydroxyl groups excluding tert-OH is 1. The van der Waals surface area contributed by atoms with Crippen LogP contribution in [-0.4, -0.2) is 38.9 Å². The predicted molar refractivity (Wildman–Crippen MR) is 67.2 cm³/mol. The fourth-order valence-corrected chi connectivity index (χ4v) is 1.99. The Morgan fingerprint density at radius 3 is 2.39 bits per heavy atom. The lowest BCUT2D eigenvalue weighted by Gasteiger charge is -2.23. The van der Waals surface area contributed by atoms with Gasteiger partial charge < -0.3 is 9.84 Å². The molecule has 0 unspecified atom stereocenters. The van der Waals surface area contributed by atoms with Crippen LogP contribution in [-0.2, 0) is 14.9 Å². The summed E-state index contributed by atoms with van der Waals surface area (Å²) in [5, 5.41) is 8.81. The van der Waals surface area contributed by atoms with Crippen LogP contribution in [0.5, 0.6) is 0 Å². The smallest absolute Gasteiger partial charge is 0.422 e. The normalized spacial score (nSPS) is 12.6. The zero-order valence-electron chi connectivity index (χ0n) is 11.2. The number of nitrogens with one attached hydrogen (secondary N) is 2. The second-order valence-electron chi connectivity index (χ2n) is 5.02. The molecule has 0 aliphatic rings. The van der Waals surface area contributed by atoms with Gasteiger partial charge in [0.25, 0.3) is 0 Å². The summed E-state index contributed by atoms with van der Waals surface area (Å²) in [5.74, 6) is 0. The minimum atomic E-state index is -3.93. The molecule has 0 heterocycles. The number of ether oxygens (including phenoxy) is 1. The summed E-state index contributed by atoms with van der Waals surface area (Å²) in [7, 11) is -3.93. The maximum absolute atomic E-state index is 11.5. The molecule has 7 nitrogen and oxygen atoms in total. The zero-order valence-corrected chi connectivity index (χ0v) is 12.0. The standard InChI is InChI=1S/C10H22N2O5S/c1-8(2)17-9(14)12-18(15,16)11-7-10(3,4)5-6-13/h8,11,13H,5-7H2,1-4H3,(H,12,14). The number of rotatable bonds is 7. The highest BCUT2D eigenvalue weighted by atomic mass is 32.2. The van der Waals surface area contributed by atoms with E-state index in [0.29, 0.717) is 6.42 Å². The highest BCUT2D eigenvalue weighted by molar-refractivity contribution is 7.88. The Hall–Kier alpha value is -0.860. The summed E-state index contributed by atoms with van der Waals surface area (Å²) in [6.45, 7) is 6.92. The Morgan fingerprint density at radius 1 is 1.39 bits per heavy atom. The molecule has 8 heteroatoms. The van der Waals surface area contributed by atoms with Gasteiger partial charge in [0.1, 0.15) is 0 Å². The third kappa shape index (κ3) is 8.26. The van der Waals surface area contributed by atoms with Crippen LogP contribution in [0.25, 0.3) is 0 Å². The van der Waals surface area contributed by atoms with E-state index in [1.54, 1.807) is 32.4 Å². The van der Waals surface area contributed by atoms with Crippen molar-refractivity contribution < 1.29 is 23.1 Å². The number of carbonyl (C=O) groups excluding carboxylic acids is 1. The van der Waals surface area contributed by atoms with Crippen molar-refractivity contribution in [2.45, 2.75) is 40.2 Å². The van der Waals surface area contributed by atoms with Gasteiger partial charge in [0, 0.05) is 13.2 Å². The van der Waals surface area contributed by atoms with Crippen LogP contribution in [0.1, 0.15) is 34.1 Å². The molecular formula is C10H22N2O5S. The molecule has 0 aromatic carbocycles. The molecule has 108 valence electrons. The third-order valence-corrected chi connectivity index (χ3v) is 3.05. The van der Waals surface area contributed by atoms with Crippen LogP contribution in [0, 0.1) is 5.41 Å². The summed E-state index contributed by atoms with van der Waals surface area (Å²) in [6, 6.07) is 0. The molecule has 0 aliphatic heterocycles. The SMILES string of the molecule is CC(C)OC(=O)NS(=O)(=O)NCC(C)(C)CCO. The van der Waals surface area contributed by atoms with Crippen molar-refractivity contribution in [3.05, 3.63) is 0 Å². The van der Waals surface area contributed by atoms with E-state index < -0.39 is 27.8 Å². The van der Waals surface area contributed by atoms with Gasteiger partial charge in [-0.2, -0.15) is 13.1 Å². The van der Waals surface area contributed by atoms with E-state index in [1.807, 2.05) is 0 Å². The molecule has 0 radical (unpaired) electrons. The number of amides is 1. The van der Waals surface area contributed by atoms with Gasteiger partial charge >= 0.3 is 16.3 Å². The summed E-state index contributed by atoms with van der Waals surface area (Å²) < 4.78 is 31.6. The Kier molecular flexibility index (Phi) is 6.58. The lowest BCUT2D eigenvalue weighted by molar-refractivity contribution is 0.121. The molecule has 0 aromatic rings. The molecule has 0 rings (SSSR count). The van der Waals surface area contributed by atoms with Gasteiger partial charge in [0.15, 0.2) is 0 Å². The van der Waals surface area contributed by atoms with Gasteiger partial charge in [0.2, 0.25) is 0 Å². The number of carbonyl (C=O) groups is 1. The van der Waals surface area contributed by atoms with Crippen molar-refractivity contribution in [1.82, 2.24) is 9.44 Å². The van der Waals surface area contributed by atoms with Gasteiger partial charge in [-0.05, 0) is 25.7 Å². The van der Waals surface area contributed by atoms with E-state index in [-0.39, 0.29) is 13.2 Å². The maximum atomic E-state index is 11.5. The van der Waals surface area contributed by atoms with Crippen LogP contribution in [0.4, 0.5) is 4.79 Å². The van der Waals surface area contributed by atoms with Gasteiger partial charge in [0.05, 0.1) is 6.10 Å². The van der Waals surface area contributed by atoms with E-state index in [9.17, 15) is 13.2 Å². The first-order valence-corrected chi connectivity index (χ1v) is 7.15. The van der Waals surface area contributed by atoms with Gasteiger partial charge in [-0.25, -0.2) is 9.52 Å². The number of hydrogen-bond acceptors (Lipinski definition) is 5. The number of hydrogen-bond donors (Lipinski definition) is 3. The monoisotopic (exact) mass is 282 g/mol. The quantitative estimate of drug-likeness (QED) is 0.625. The second kappa shape index (κ2) is 6.91. The summed E-state index contributed by atoms with van der Waals surface area (Å²) in [5.41, 5.74) is -0.397. The highest BCUT2D eigenvalue weighted by Gasteiger charge is 2.22. The maximum Gasteiger partial charge on any atom is 0.422 e. The summed E-state index contributed by atoms with van der Waals surface area (Å²) in [6.07, 6.45) is -0.963. The fraction of sp³-hybridized carbons (Fsp3) is 0.900. The molecule has 0 bridgehead atoms. The van der Waals surface area contributed by atoms with Crippen molar-refractivity contribution in [1.29, 1.82) is 0 Å². The van der Waals surface area contributed by atoms with Crippen LogP contribution < -0.4 is 9.44 Å². The van der Waals surface area contributed by atoms with E-state index >= 15 is 0 Å². The average Bonchev–Trinajstić information content (AvgIpc) is 2.12. The first-order valence-electron chi connectivity index (χ1n) is 5.67. The molecule has 0 saturated heterocycles. The number of aliphatic hydroxyl groups is 1. The zero-order chi connectivity index (χ0) is 14.4. The first kappa shape index (κ1) is 17.1. The van der Waals surface area contributed by atoms with Crippen molar-refractivity contribution >= 4 is 16.3 Å². The van der Waals surface area contributed by atoms with Gasteiger partial charge in [-0.1, -0.05) is 13.8 Å². The molecule has 0 saturated carbocycles. The lowest BCUT2D eigenvalue weighted by Crippen LogP contribution is -2.44. The van der Waals surface area contributed by atoms with E-state index in [2.05, 4.69) is 9.46 Å². The van der Waals surface area contributed by atoms with Crippen LogP contribution in [0.15, 0.2) is 0 Å². The van der Waals surface area contributed by atoms with Crippen LogP contribution in [0.3, 0.4) is 0 Å². The fourth-order valence-electron chi connectivity index (χ4n) is 1.07. The second-order valence-corrected chi connectivity index (χ2v) is 6.52. The average molecular weight is 282 g/mol. The molecular weight excluding hydrogens is 260 g/mol. The molecule has 0 spiro atoms. The van der Waals surface area contributed by atoms with Crippen molar-refractivity contribution in [3.63, 3.8) is 0 Å². The Morgan fingerprint density at radius 2 is 1.94 bits per heavy atom. The summed E-state index contributed by atoms with van der Waals surface area (Å²) >= 11 is 0. The predicted octanol–water partition coefficient (Wildman–Crippen LogP) is 0.364. The molecule has 0 atom stereocenters. The third-order valence-electron chi connectivity index (χ3n) is 2.09. The molecule has 3 N–H and O–H groups in total. The Balaban J connectivity index is 4.28. The molecule has 0 aliphatic carbocycles. The minimum Gasteiger partial charge on any atom is -0.446 e. The first-order chi connectivity index (χ1) is 8.08. The molecule has 1 amide bonds. The lowest BCUT2D eigenvalue weighted by atomic mass is 9.90. The molecule has 0 aromatic heterocycles. The van der Waals surface area contributed by atoms with E-state index in [4.69, 9.17) is 5.11 Å². The molecule has 0 fully saturated rings. The summed E-state index contributed by atoms with van der Waals surface area (Å²) in [4.78, 5) is 11.1.